The molecule has 1 saturated heterocycles. The van der Waals surface area contributed by atoms with E-state index in [1.165, 1.54) is 5.69 Å². The highest BCUT2D eigenvalue weighted by atomic mass is 16.3. The summed E-state index contributed by atoms with van der Waals surface area (Å²) in [5.41, 5.74) is 10.4. The zero-order valence-corrected chi connectivity index (χ0v) is 11.8. The second-order valence-electron chi connectivity index (χ2n) is 6.02. The number of rotatable bonds is 2. The summed E-state index contributed by atoms with van der Waals surface area (Å²) >= 11 is 0. The van der Waals surface area contributed by atoms with E-state index in [2.05, 4.69) is 16.0 Å². The lowest BCUT2D eigenvalue weighted by atomic mass is 10.00. The minimum absolute atomic E-state index is 0.111. The molecule has 4 heteroatoms. The summed E-state index contributed by atoms with van der Waals surface area (Å²) in [5, 5.41) is 10.0. The lowest BCUT2D eigenvalue weighted by molar-refractivity contribution is 0.133. The summed E-state index contributed by atoms with van der Waals surface area (Å²) in [7, 11) is 0. The van der Waals surface area contributed by atoms with Crippen LogP contribution in [0, 0.1) is 25.7 Å². The first-order chi connectivity index (χ1) is 9.10. The highest BCUT2D eigenvalue weighted by molar-refractivity contribution is 5.57. The van der Waals surface area contributed by atoms with E-state index in [1.807, 2.05) is 13.8 Å². The molecule has 1 aliphatic heterocycles. The first-order valence-electron chi connectivity index (χ1n) is 7.20. The minimum atomic E-state index is -0.111. The van der Waals surface area contributed by atoms with Crippen molar-refractivity contribution in [2.24, 2.45) is 17.6 Å². The van der Waals surface area contributed by atoms with E-state index >= 15 is 0 Å². The van der Waals surface area contributed by atoms with E-state index in [0.29, 0.717) is 18.4 Å². The van der Waals surface area contributed by atoms with Gasteiger partial charge in [0.15, 0.2) is 0 Å². The van der Waals surface area contributed by atoms with Crippen molar-refractivity contribution in [2.45, 2.75) is 39.3 Å². The second kappa shape index (κ2) is 4.76. The van der Waals surface area contributed by atoms with E-state index in [9.17, 15) is 5.11 Å². The lowest BCUT2D eigenvalue weighted by Gasteiger charge is -2.24. The van der Waals surface area contributed by atoms with Gasteiger partial charge >= 0.3 is 0 Å². The maximum absolute atomic E-state index is 10.0. The number of anilines is 1. The molecule has 3 unspecified atom stereocenters. The van der Waals surface area contributed by atoms with Crippen LogP contribution in [0.15, 0.2) is 6.07 Å². The topological polar surface area (TPSA) is 62.4 Å². The summed E-state index contributed by atoms with van der Waals surface area (Å²) in [5.74, 6) is 1.09. The standard InChI is InChI=1S/C15H23N3O/c1-9-5-14(12(6-16)10(2)17-9)18-7-11-3-4-15(19)13(11)8-18/h5,11,13,15,19H,3-4,6-8,16H2,1-2H3. The van der Waals surface area contributed by atoms with Crippen molar-refractivity contribution in [3.63, 3.8) is 0 Å². The molecule has 0 spiro atoms. The predicted octanol–water partition coefficient (Wildman–Crippen LogP) is 1.36. The molecular weight excluding hydrogens is 238 g/mol. The number of hydrogen-bond donors (Lipinski definition) is 2. The summed E-state index contributed by atoms with van der Waals surface area (Å²) < 4.78 is 0. The fourth-order valence-corrected chi connectivity index (χ4v) is 3.80. The Morgan fingerprint density at radius 3 is 2.84 bits per heavy atom. The van der Waals surface area contributed by atoms with Crippen molar-refractivity contribution >= 4 is 5.69 Å². The Bertz CT molecular complexity index is 489. The van der Waals surface area contributed by atoms with Gasteiger partial charge in [0.05, 0.1) is 6.10 Å². The van der Waals surface area contributed by atoms with Gasteiger partial charge in [-0.05, 0) is 38.7 Å². The van der Waals surface area contributed by atoms with Crippen molar-refractivity contribution in [1.29, 1.82) is 0 Å². The van der Waals surface area contributed by atoms with Gasteiger partial charge in [0.1, 0.15) is 0 Å². The molecular formula is C15H23N3O. The average Bonchev–Trinajstić information content (AvgIpc) is 2.91. The van der Waals surface area contributed by atoms with Crippen LogP contribution < -0.4 is 10.6 Å². The van der Waals surface area contributed by atoms with E-state index < -0.39 is 0 Å². The number of fused-ring (bicyclic) bond motifs is 1. The third-order valence-electron chi connectivity index (χ3n) is 4.80. The van der Waals surface area contributed by atoms with E-state index in [4.69, 9.17) is 5.73 Å². The number of aryl methyl sites for hydroxylation is 2. The summed E-state index contributed by atoms with van der Waals surface area (Å²) in [6.45, 7) is 6.61. The van der Waals surface area contributed by atoms with Gasteiger partial charge in [-0.15, -0.1) is 0 Å². The molecule has 0 amide bonds. The molecule has 1 aromatic heterocycles. The molecule has 1 aliphatic carbocycles. The van der Waals surface area contributed by atoms with Gasteiger partial charge in [-0.2, -0.15) is 0 Å². The minimum Gasteiger partial charge on any atom is -0.393 e. The zero-order chi connectivity index (χ0) is 13.6. The number of aliphatic hydroxyl groups excluding tert-OH is 1. The average molecular weight is 261 g/mol. The van der Waals surface area contributed by atoms with Gasteiger partial charge < -0.3 is 15.7 Å². The second-order valence-corrected chi connectivity index (χ2v) is 6.02. The Kier molecular flexibility index (Phi) is 3.23. The number of aliphatic hydroxyl groups is 1. The fraction of sp³-hybridized carbons (Fsp3) is 0.667. The Labute approximate surface area is 114 Å². The van der Waals surface area contributed by atoms with Gasteiger partial charge in [0.25, 0.3) is 0 Å². The Morgan fingerprint density at radius 1 is 1.37 bits per heavy atom. The van der Waals surface area contributed by atoms with Crippen molar-refractivity contribution in [2.75, 3.05) is 18.0 Å². The van der Waals surface area contributed by atoms with E-state index in [0.717, 1.165) is 42.9 Å². The van der Waals surface area contributed by atoms with Crippen LogP contribution in [-0.2, 0) is 6.54 Å². The van der Waals surface area contributed by atoms with E-state index in [1.54, 1.807) is 0 Å². The largest absolute Gasteiger partial charge is 0.393 e. The van der Waals surface area contributed by atoms with Crippen LogP contribution in [0.5, 0.6) is 0 Å². The molecule has 19 heavy (non-hydrogen) atoms. The van der Waals surface area contributed by atoms with Crippen LogP contribution in [0.3, 0.4) is 0 Å². The van der Waals surface area contributed by atoms with E-state index in [-0.39, 0.29) is 6.10 Å². The van der Waals surface area contributed by atoms with Crippen LogP contribution in [-0.4, -0.2) is 29.3 Å². The van der Waals surface area contributed by atoms with Crippen LogP contribution in [0.4, 0.5) is 5.69 Å². The third kappa shape index (κ3) is 2.13. The summed E-state index contributed by atoms with van der Waals surface area (Å²) in [6, 6.07) is 2.14. The predicted molar refractivity (Wildman–Crippen MR) is 76.0 cm³/mol. The number of aromatic nitrogens is 1. The van der Waals surface area contributed by atoms with Crippen molar-refractivity contribution in [3.05, 3.63) is 23.0 Å². The van der Waals surface area contributed by atoms with Crippen LogP contribution >= 0.6 is 0 Å². The molecule has 3 rings (SSSR count). The number of nitrogens with zero attached hydrogens (tertiary/aromatic N) is 2. The quantitative estimate of drug-likeness (QED) is 0.844. The molecule has 4 nitrogen and oxygen atoms in total. The van der Waals surface area contributed by atoms with Crippen molar-refractivity contribution in [3.8, 4) is 0 Å². The molecule has 3 N–H and O–H groups in total. The molecule has 104 valence electrons. The molecule has 1 aromatic rings. The van der Waals surface area contributed by atoms with Crippen molar-refractivity contribution < 1.29 is 5.11 Å². The van der Waals surface area contributed by atoms with Gasteiger partial charge in [0, 0.05) is 48.2 Å². The Balaban J connectivity index is 1.91. The first-order valence-corrected chi connectivity index (χ1v) is 7.20. The summed E-state index contributed by atoms with van der Waals surface area (Å²) in [4.78, 5) is 6.91. The number of nitrogens with two attached hydrogens (primary N) is 1. The first kappa shape index (κ1) is 12.9. The normalized spacial score (nSPS) is 29.9. The van der Waals surface area contributed by atoms with Crippen LogP contribution in [0.1, 0.15) is 29.8 Å². The van der Waals surface area contributed by atoms with Gasteiger partial charge in [-0.25, -0.2) is 0 Å². The van der Waals surface area contributed by atoms with Gasteiger partial charge in [-0.1, -0.05) is 0 Å². The maximum atomic E-state index is 10.0. The highest BCUT2D eigenvalue weighted by Crippen LogP contribution is 2.40. The number of pyridine rings is 1. The molecule has 1 saturated carbocycles. The van der Waals surface area contributed by atoms with Crippen LogP contribution in [0.2, 0.25) is 0 Å². The number of hydrogen-bond acceptors (Lipinski definition) is 4. The monoisotopic (exact) mass is 261 g/mol. The smallest absolute Gasteiger partial charge is 0.0588 e. The van der Waals surface area contributed by atoms with Crippen LogP contribution in [0.25, 0.3) is 0 Å². The molecule has 2 heterocycles. The summed E-state index contributed by atoms with van der Waals surface area (Å²) in [6.07, 6.45) is 2.02. The Hall–Kier alpha value is -1.13. The maximum Gasteiger partial charge on any atom is 0.0588 e. The van der Waals surface area contributed by atoms with Gasteiger partial charge in [0.2, 0.25) is 0 Å². The fourth-order valence-electron chi connectivity index (χ4n) is 3.80. The molecule has 2 aliphatic rings. The van der Waals surface area contributed by atoms with Crippen molar-refractivity contribution in [1.82, 2.24) is 4.98 Å². The zero-order valence-electron chi connectivity index (χ0n) is 11.8. The molecule has 0 radical (unpaired) electrons. The lowest BCUT2D eigenvalue weighted by Crippen LogP contribution is -2.26. The molecule has 2 fully saturated rings. The Morgan fingerprint density at radius 2 is 2.16 bits per heavy atom. The highest BCUT2D eigenvalue weighted by Gasteiger charge is 2.42. The SMILES string of the molecule is Cc1cc(N2CC3CCC(O)C3C2)c(CN)c(C)n1. The third-order valence-corrected chi connectivity index (χ3v) is 4.80. The molecule has 3 atom stereocenters. The molecule has 0 bridgehead atoms. The van der Waals surface area contributed by atoms with Gasteiger partial charge in [-0.3, -0.25) is 4.98 Å². The molecule has 0 aromatic carbocycles.